The minimum absolute atomic E-state index is 0.0473. The number of hydrogen-bond acceptors (Lipinski definition) is 8. The number of carbonyl (C=O) groups is 4. The van der Waals surface area contributed by atoms with E-state index in [0.29, 0.717) is 23.7 Å². The van der Waals surface area contributed by atoms with Gasteiger partial charge in [-0.25, -0.2) is 19.2 Å². The van der Waals surface area contributed by atoms with E-state index in [2.05, 4.69) is 49.6 Å². The van der Waals surface area contributed by atoms with E-state index < -0.39 is 11.9 Å². The van der Waals surface area contributed by atoms with E-state index in [1.165, 1.54) is 26.0 Å². The van der Waals surface area contributed by atoms with Gasteiger partial charge in [-0.15, -0.1) is 0 Å². The van der Waals surface area contributed by atoms with Gasteiger partial charge in [-0.1, -0.05) is 59.4 Å². The quantitative estimate of drug-likeness (QED) is 0.238. The van der Waals surface area contributed by atoms with E-state index in [-0.39, 0.29) is 25.2 Å². The zero-order chi connectivity index (χ0) is 27.5. The van der Waals surface area contributed by atoms with Crippen LogP contribution in [0.25, 0.3) is 0 Å². The molecule has 0 aliphatic heterocycles. The molecule has 0 bridgehead atoms. The Kier molecular flexibility index (Phi) is 31.2. The van der Waals surface area contributed by atoms with Crippen LogP contribution in [0.15, 0.2) is 49.6 Å². The third-order valence-electron chi connectivity index (χ3n) is 3.55. The van der Waals surface area contributed by atoms with Crippen LogP contribution in [0, 0.1) is 5.92 Å². The number of carboxylic acid groups (broad SMARTS) is 1. The Balaban J connectivity index is -0.000000188. The normalized spacial score (nSPS) is 9.47. The van der Waals surface area contributed by atoms with Gasteiger partial charge in [0.2, 0.25) is 0 Å². The summed E-state index contributed by atoms with van der Waals surface area (Å²) in [5, 5.41) is 15.8. The van der Waals surface area contributed by atoms with Crippen LogP contribution in [0.2, 0.25) is 0 Å². The zero-order valence-electron chi connectivity index (χ0n) is 21.3. The summed E-state index contributed by atoms with van der Waals surface area (Å²) in [6.45, 7) is 20.9. The number of rotatable bonds is 12. The number of carboxylic acids is 1. The highest BCUT2D eigenvalue weighted by molar-refractivity contribution is 5.87. The van der Waals surface area contributed by atoms with Crippen LogP contribution in [0.1, 0.15) is 53.4 Å². The number of hydrogen-bond donors (Lipinski definition) is 2. The molecular weight excluding hydrogens is 444 g/mol. The molecule has 0 fully saturated rings. The molecule has 1 unspecified atom stereocenters. The topological polar surface area (TPSA) is 136 Å². The van der Waals surface area contributed by atoms with Crippen molar-refractivity contribution in [3.8, 4) is 0 Å². The minimum atomic E-state index is -0.981. The third-order valence-corrected chi connectivity index (χ3v) is 3.55. The van der Waals surface area contributed by atoms with Crippen molar-refractivity contribution in [3.05, 3.63) is 49.6 Å². The number of aliphatic hydroxyl groups excluding tert-OH is 1. The molecule has 0 heterocycles. The summed E-state index contributed by atoms with van der Waals surface area (Å²) < 4.78 is 13.7. The third kappa shape index (κ3) is 33.4. The molecular formula is C25H42O9. The Bertz CT molecular complexity index is 636. The van der Waals surface area contributed by atoms with Gasteiger partial charge in [0, 0.05) is 23.3 Å². The number of carbonyl (C=O) groups excluding carboxylic acids is 3. The zero-order valence-corrected chi connectivity index (χ0v) is 21.3. The molecule has 0 amide bonds. The summed E-state index contributed by atoms with van der Waals surface area (Å²) in [5.74, 6) is -1.58. The second-order valence-electron chi connectivity index (χ2n) is 6.70. The summed E-state index contributed by atoms with van der Waals surface area (Å²) in [5.41, 5.74) is 0.783. The molecule has 196 valence electrons. The van der Waals surface area contributed by atoms with Crippen LogP contribution in [0.4, 0.5) is 0 Å². The maximum atomic E-state index is 10.8. The van der Waals surface area contributed by atoms with Crippen molar-refractivity contribution in [2.24, 2.45) is 5.92 Å². The van der Waals surface area contributed by atoms with E-state index in [9.17, 15) is 19.2 Å². The largest absolute Gasteiger partial charge is 0.478 e. The molecule has 0 radical (unpaired) electrons. The first kappa shape index (κ1) is 38.1. The first-order valence-corrected chi connectivity index (χ1v) is 10.7. The van der Waals surface area contributed by atoms with Gasteiger partial charge in [0.15, 0.2) is 0 Å². The van der Waals surface area contributed by atoms with Crippen molar-refractivity contribution < 1.29 is 43.6 Å². The van der Waals surface area contributed by atoms with Crippen molar-refractivity contribution >= 4 is 23.9 Å². The Labute approximate surface area is 203 Å². The summed E-state index contributed by atoms with van der Waals surface area (Å²) in [6, 6.07) is 0. The Morgan fingerprint density at radius 1 is 0.941 bits per heavy atom. The first-order valence-electron chi connectivity index (χ1n) is 10.7. The molecule has 0 rings (SSSR count). The number of methoxy groups -OCH3 is 1. The SMILES string of the molecule is C=C(C)C(=O)OC.C=C(C)C(=O)OCCO.C=CC(=O)O.C=CC(=O)OCC(CC)CCCC. The molecule has 34 heavy (non-hydrogen) atoms. The Hall–Kier alpha value is -3.20. The van der Waals surface area contributed by atoms with Gasteiger partial charge in [0.25, 0.3) is 0 Å². The number of aliphatic hydroxyl groups is 1. The molecule has 0 aromatic carbocycles. The average Bonchev–Trinajstić information content (AvgIpc) is 2.82. The summed E-state index contributed by atoms with van der Waals surface area (Å²) in [7, 11) is 1.33. The van der Waals surface area contributed by atoms with Crippen molar-refractivity contribution in [1.82, 2.24) is 0 Å². The van der Waals surface area contributed by atoms with Gasteiger partial charge in [0.1, 0.15) is 6.61 Å². The van der Waals surface area contributed by atoms with E-state index in [1.807, 2.05) is 0 Å². The first-order chi connectivity index (χ1) is 15.9. The van der Waals surface area contributed by atoms with Crippen LogP contribution in [-0.2, 0) is 33.4 Å². The van der Waals surface area contributed by atoms with Crippen LogP contribution in [-0.4, -0.2) is 61.0 Å². The van der Waals surface area contributed by atoms with E-state index in [0.717, 1.165) is 18.9 Å². The van der Waals surface area contributed by atoms with E-state index in [4.69, 9.17) is 14.9 Å². The smallest absolute Gasteiger partial charge is 0.333 e. The summed E-state index contributed by atoms with van der Waals surface area (Å²) >= 11 is 0. The van der Waals surface area contributed by atoms with Crippen molar-refractivity contribution in [2.45, 2.75) is 53.4 Å². The average molecular weight is 487 g/mol. The maximum Gasteiger partial charge on any atom is 0.333 e. The van der Waals surface area contributed by atoms with Gasteiger partial charge in [0.05, 0.1) is 20.3 Å². The Morgan fingerprint density at radius 2 is 1.44 bits per heavy atom. The van der Waals surface area contributed by atoms with Crippen LogP contribution >= 0.6 is 0 Å². The van der Waals surface area contributed by atoms with Gasteiger partial charge >= 0.3 is 23.9 Å². The predicted octanol–water partition coefficient (Wildman–Crippen LogP) is 4.02. The molecule has 0 aromatic rings. The lowest BCUT2D eigenvalue weighted by molar-refractivity contribution is -0.140. The van der Waals surface area contributed by atoms with Crippen molar-refractivity contribution in [1.29, 1.82) is 0 Å². The summed E-state index contributed by atoms with van der Waals surface area (Å²) in [6.07, 6.45) is 6.68. The number of ether oxygens (including phenoxy) is 3. The fourth-order valence-corrected chi connectivity index (χ4v) is 1.59. The summed E-state index contributed by atoms with van der Waals surface area (Å²) in [4.78, 5) is 40.7. The minimum Gasteiger partial charge on any atom is -0.478 e. The van der Waals surface area contributed by atoms with Gasteiger partial charge in [-0.2, -0.15) is 0 Å². The number of aliphatic carboxylic acids is 1. The molecule has 0 spiro atoms. The molecule has 0 aliphatic rings. The number of unbranched alkanes of at least 4 members (excludes halogenated alkanes) is 1. The monoisotopic (exact) mass is 486 g/mol. The molecule has 9 heteroatoms. The fourth-order valence-electron chi connectivity index (χ4n) is 1.59. The molecule has 0 saturated carbocycles. The van der Waals surface area contributed by atoms with Crippen molar-refractivity contribution in [3.63, 3.8) is 0 Å². The predicted molar refractivity (Wildman–Crippen MR) is 132 cm³/mol. The highest BCUT2D eigenvalue weighted by atomic mass is 16.5. The highest BCUT2D eigenvalue weighted by Crippen LogP contribution is 2.12. The van der Waals surface area contributed by atoms with Crippen LogP contribution in [0.5, 0.6) is 0 Å². The standard InChI is InChI=1S/C11H20O2.C6H10O3.C5H8O2.C3H4O2/c1-4-7-8-10(5-2)9-13-11(12)6-3;1-5(2)6(8)9-4-3-7;1-4(2)5(6)7-3;1-2-3(4)5/h6,10H,3-5,7-9H2,1-2H3;7H,1,3-4H2,2H3;1H2,2-3H3;2H,1H2,(H,4,5). The van der Waals surface area contributed by atoms with Gasteiger partial charge < -0.3 is 24.4 Å². The lowest BCUT2D eigenvalue weighted by atomic mass is 10.0. The molecule has 0 aliphatic carbocycles. The van der Waals surface area contributed by atoms with Crippen LogP contribution in [0.3, 0.4) is 0 Å². The lowest BCUT2D eigenvalue weighted by Gasteiger charge is -2.13. The van der Waals surface area contributed by atoms with E-state index in [1.54, 1.807) is 13.8 Å². The highest BCUT2D eigenvalue weighted by Gasteiger charge is 2.07. The van der Waals surface area contributed by atoms with Crippen LogP contribution < -0.4 is 0 Å². The maximum absolute atomic E-state index is 10.8. The van der Waals surface area contributed by atoms with Gasteiger partial charge in [-0.3, -0.25) is 0 Å². The molecule has 0 saturated heterocycles. The van der Waals surface area contributed by atoms with Crippen molar-refractivity contribution in [2.75, 3.05) is 26.9 Å². The second kappa shape index (κ2) is 27.8. The lowest BCUT2D eigenvalue weighted by Crippen LogP contribution is -2.12. The van der Waals surface area contributed by atoms with E-state index >= 15 is 0 Å². The second-order valence-corrected chi connectivity index (χ2v) is 6.70. The molecule has 9 nitrogen and oxygen atoms in total. The number of esters is 3. The molecule has 1 atom stereocenters. The van der Waals surface area contributed by atoms with Gasteiger partial charge in [-0.05, 0) is 26.2 Å². The molecule has 0 aromatic heterocycles. The fraction of sp³-hybridized carbons (Fsp3) is 0.520. The molecule has 2 N–H and O–H groups in total. The Morgan fingerprint density at radius 3 is 1.71 bits per heavy atom.